The van der Waals surface area contributed by atoms with Crippen LogP contribution in [0.15, 0.2) is 139 Å². The number of benzene rings is 5. The van der Waals surface area contributed by atoms with Crippen LogP contribution in [0, 0.1) is 12.8 Å². The third-order valence-corrected chi connectivity index (χ3v) is 12.6. The van der Waals surface area contributed by atoms with Crippen molar-refractivity contribution in [1.29, 1.82) is 0 Å². The van der Waals surface area contributed by atoms with E-state index in [-0.39, 0.29) is 47.7 Å². The number of aryl methyl sites for hydroxylation is 1. The molecule has 1 aromatic heterocycles. The number of nitrogens with one attached hydrogen (secondary N) is 2. The molecule has 0 aliphatic carbocycles. The predicted octanol–water partition coefficient (Wildman–Crippen LogP) is 8.36. The number of hydrogen-bond donors (Lipinski definition) is 3. The SMILES string of the molecule is Cc1ccc(S(=O)(=O)N[C@H](Cc2ccccc2)C(=O)NCc2cccc(-c3cccc([C@H]4O[C@@H](Cn5cnc(Cl)c5Cl)[C@@H](C)[C@@H](c5ccc(CO)cc5)O4)c3)c2)cc1. The Balaban J connectivity index is 1.09. The molecule has 0 bridgehead atoms. The molecule has 5 atom stereocenters. The number of halogens is 2. The van der Waals surface area contributed by atoms with Gasteiger partial charge in [-0.05, 0) is 71.0 Å². The maximum absolute atomic E-state index is 13.7. The first-order valence-electron chi connectivity index (χ1n) is 18.9. The molecule has 3 N–H and O–H groups in total. The highest BCUT2D eigenvalue weighted by molar-refractivity contribution is 7.89. The lowest BCUT2D eigenvalue weighted by molar-refractivity contribution is -0.276. The van der Waals surface area contributed by atoms with Crippen LogP contribution in [0.25, 0.3) is 11.1 Å². The van der Waals surface area contributed by atoms with Gasteiger partial charge in [-0.1, -0.05) is 139 Å². The van der Waals surface area contributed by atoms with Gasteiger partial charge in [0.15, 0.2) is 11.4 Å². The molecule has 6 aromatic rings. The van der Waals surface area contributed by atoms with Crippen molar-refractivity contribution in [1.82, 2.24) is 19.6 Å². The van der Waals surface area contributed by atoms with Crippen LogP contribution < -0.4 is 10.0 Å². The van der Waals surface area contributed by atoms with E-state index in [2.05, 4.69) is 21.9 Å². The van der Waals surface area contributed by atoms with Crippen LogP contribution in [-0.2, 0) is 50.4 Å². The molecule has 7 rings (SSSR count). The largest absolute Gasteiger partial charge is 0.392 e. The number of sulfonamides is 1. The van der Waals surface area contributed by atoms with E-state index < -0.39 is 28.3 Å². The van der Waals surface area contributed by atoms with Crippen LogP contribution in [0.5, 0.6) is 0 Å². The zero-order chi connectivity index (χ0) is 40.8. The van der Waals surface area contributed by atoms with Gasteiger partial charge < -0.3 is 24.5 Å². The number of carbonyl (C=O) groups is 1. The first-order valence-corrected chi connectivity index (χ1v) is 21.2. The minimum atomic E-state index is -3.98. The summed E-state index contributed by atoms with van der Waals surface area (Å²) in [6.45, 7) is 4.47. The van der Waals surface area contributed by atoms with Crippen molar-refractivity contribution in [2.75, 3.05) is 0 Å². The molecule has 1 amide bonds. The van der Waals surface area contributed by atoms with Crippen molar-refractivity contribution in [3.63, 3.8) is 0 Å². The smallest absolute Gasteiger partial charge is 0.241 e. The van der Waals surface area contributed by atoms with E-state index >= 15 is 0 Å². The lowest BCUT2D eigenvalue weighted by Gasteiger charge is -2.41. The third kappa shape index (κ3) is 9.87. The Labute approximate surface area is 348 Å². The Morgan fingerprint density at radius 1 is 0.828 bits per heavy atom. The zero-order valence-corrected chi connectivity index (χ0v) is 34.3. The molecule has 0 saturated carbocycles. The molecule has 58 heavy (non-hydrogen) atoms. The van der Waals surface area contributed by atoms with Crippen LogP contribution in [0.4, 0.5) is 0 Å². The molecular weight excluding hydrogens is 795 g/mol. The normalized spacial score (nSPS) is 18.8. The van der Waals surface area contributed by atoms with Crippen LogP contribution in [0.2, 0.25) is 10.3 Å². The number of aromatic nitrogens is 2. The Morgan fingerprint density at radius 3 is 2.21 bits per heavy atom. The average molecular weight is 840 g/mol. The standard InChI is InChI=1S/C45H44Cl2N4O6S/c1-29-14-20-38(21-15-29)58(54,55)50-39(23-31-8-4-3-5-9-31)44(53)48-25-33-10-6-11-35(22-33)36-12-7-13-37(24-36)45-56-40(26-51-28-49-42(46)43(51)47)30(2)41(57-45)34-18-16-32(27-52)17-19-34/h3-22,24,28,30,39-41,45,50,52H,23,25-27H2,1-2H3,(H,48,53)/t30-,39-,40+,41+,45+/m1/s1. The number of hydrogen-bond acceptors (Lipinski definition) is 7. The highest BCUT2D eigenvalue weighted by Crippen LogP contribution is 2.43. The highest BCUT2D eigenvalue weighted by atomic mass is 35.5. The van der Waals surface area contributed by atoms with Gasteiger partial charge >= 0.3 is 0 Å². The van der Waals surface area contributed by atoms with Crippen molar-refractivity contribution < 1.29 is 27.8 Å². The second-order valence-electron chi connectivity index (χ2n) is 14.5. The second-order valence-corrected chi connectivity index (χ2v) is 17.0. The Kier molecular flexibility index (Phi) is 13.1. The van der Waals surface area contributed by atoms with E-state index in [0.29, 0.717) is 11.7 Å². The molecule has 1 aliphatic rings. The second kappa shape index (κ2) is 18.4. The van der Waals surface area contributed by atoms with E-state index in [1.54, 1.807) is 23.0 Å². The van der Waals surface area contributed by atoms with Gasteiger partial charge in [0.05, 0.1) is 36.6 Å². The molecule has 5 aromatic carbocycles. The van der Waals surface area contributed by atoms with E-state index in [0.717, 1.165) is 44.5 Å². The van der Waals surface area contributed by atoms with Gasteiger partial charge in [-0.3, -0.25) is 4.79 Å². The van der Waals surface area contributed by atoms with Gasteiger partial charge in [0.2, 0.25) is 15.9 Å². The van der Waals surface area contributed by atoms with Crippen molar-refractivity contribution >= 4 is 39.1 Å². The van der Waals surface area contributed by atoms with E-state index in [1.165, 1.54) is 12.1 Å². The summed E-state index contributed by atoms with van der Waals surface area (Å²) in [7, 11) is -3.98. The van der Waals surface area contributed by atoms with Gasteiger partial charge in [0.1, 0.15) is 11.2 Å². The number of ether oxygens (including phenoxy) is 2. The minimum absolute atomic E-state index is 0.0547. The summed E-state index contributed by atoms with van der Waals surface area (Å²) in [5.41, 5.74) is 6.98. The fourth-order valence-corrected chi connectivity index (χ4v) is 8.55. The van der Waals surface area contributed by atoms with Crippen molar-refractivity contribution in [3.05, 3.63) is 177 Å². The van der Waals surface area contributed by atoms with E-state index in [9.17, 15) is 18.3 Å². The summed E-state index contributed by atoms with van der Waals surface area (Å²) in [5.74, 6) is -0.532. The summed E-state index contributed by atoms with van der Waals surface area (Å²) in [4.78, 5) is 17.9. The fraction of sp³-hybridized carbons (Fsp3) is 0.244. The quantitative estimate of drug-likeness (QED) is 0.101. The van der Waals surface area contributed by atoms with E-state index in [1.807, 2.05) is 110 Å². The molecule has 13 heteroatoms. The third-order valence-electron chi connectivity index (χ3n) is 10.3. The highest BCUT2D eigenvalue weighted by Gasteiger charge is 2.39. The monoisotopic (exact) mass is 838 g/mol. The Hall–Kier alpha value is -4.85. The molecule has 0 radical (unpaired) electrons. The number of aliphatic hydroxyl groups is 1. The maximum Gasteiger partial charge on any atom is 0.241 e. The van der Waals surface area contributed by atoms with Gasteiger partial charge in [0.25, 0.3) is 0 Å². The summed E-state index contributed by atoms with van der Waals surface area (Å²) in [6.07, 6.45) is 0.380. The molecule has 10 nitrogen and oxygen atoms in total. The van der Waals surface area contributed by atoms with Crippen molar-refractivity contribution in [3.8, 4) is 11.1 Å². The van der Waals surface area contributed by atoms with Gasteiger partial charge in [0, 0.05) is 18.0 Å². The van der Waals surface area contributed by atoms with Crippen molar-refractivity contribution in [2.24, 2.45) is 5.92 Å². The molecule has 2 heterocycles. The molecule has 1 saturated heterocycles. The number of amides is 1. The number of aliphatic hydroxyl groups excluding tert-OH is 1. The molecule has 0 spiro atoms. The topological polar surface area (TPSA) is 132 Å². The zero-order valence-electron chi connectivity index (χ0n) is 32.0. The first kappa shape index (κ1) is 41.3. The Morgan fingerprint density at radius 2 is 1.52 bits per heavy atom. The molecular formula is C45H44Cl2N4O6S. The van der Waals surface area contributed by atoms with Crippen LogP contribution >= 0.6 is 23.2 Å². The first-order chi connectivity index (χ1) is 28.0. The van der Waals surface area contributed by atoms with Crippen LogP contribution in [-0.4, -0.2) is 41.1 Å². The lowest BCUT2D eigenvalue weighted by atomic mass is 9.90. The van der Waals surface area contributed by atoms with Gasteiger partial charge in [-0.15, -0.1) is 0 Å². The molecule has 1 aliphatic heterocycles. The van der Waals surface area contributed by atoms with Gasteiger partial charge in [-0.2, -0.15) is 4.72 Å². The summed E-state index contributed by atoms with van der Waals surface area (Å²) in [6, 6.07) is 38.2. The Bertz CT molecular complexity index is 2450. The van der Waals surface area contributed by atoms with Crippen molar-refractivity contribution in [2.45, 2.75) is 69.4 Å². The molecule has 1 fully saturated rings. The summed E-state index contributed by atoms with van der Waals surface area (Å²) < 4.78 is 44.5. The predicted molar refractivity (Wildman–Crippen MR) is 224 cm³/mol. The van der Waals surface area contributed by atoms with E-state index in [4.69, 9.17) is 32.7 Å². The fourth-order valence-electron chi connectivity index (χ4n) is 7.04. The number of rotatable bonds is 14. The van der Waals surface area contributed by atoms with Crippen LogP contribution in [0.3, 0.4) is 0 Å². The molecule has 0 unspecified atom stereocenters. The lowest BCUT2D eigenvalue weighted by Crippen LogP contribution is -2.47. The van der Waals surface area contributed by atoms with Gasteiger partial charge in [-0.25, -0.2) is 13.4 Å². The number of nitrogens with zero attached hydrogens (tertiary/aromatic N) is 2. The summed E-state index contributed by atoms with van der Waals surface area (Å²) >= 11 is 12.6. The summed E-state index contributed by atoms with van der Waals surface area (Å²) in [5, 5.41) is 13.1. The molecule has 300 valence electrons. The number of carbonyl (C=O) groups excluding carboxylic acids is 1. The van der Waals surface area contributed by atoms with Crippen LogP contribution in [0.1, 0.15) is 52.7 Å². The minimum Gasteiger partial charge on any atom is -0.392 e. The average Bonchev–Trinajstić information content (AvgIpc) is 3.56. The number of imidazole rings is 1. The maximum atomic E-state index is 13.7.